The lowest BCUT2D eigenvalue weighted by molar-refractivity contribution is -0.305. The van der Waals surface area contributed by atoms with E-state index in [9.17, 15) is 35.1 Å². The van der Waals surface area contributed by atoms with Crippen LogP contribution >= 0.6 is 0 Å². The summed E-state index contributed by atoms with van der Waals surface area (Å²) in [4.78, 5) is 26.6. The zero-order valence-electron chi connectivity index (χ0n) is 51.7. The average molecular weight is 1130 g/mol. The monoisotopic (exact) mass is 1130 g/mol. The van der Waals surface area contributed by atoms with Crippen molar-refractivity contribution < 1.29 is 49.3 Å². The molecule has 11 heteroatoms. The Kier molecular flexibility index (Phi) is 53.5. The van der Waals surface area contributed by atoms with Crippen molar-refractivity contribution in [3.05, 3.63) is 60.8 Å². The summed E-state index contributed by atoms with van der Waals surface area (Å²) in [5.41, 5.74) is 0. The summed E-state index contributed by atoms with van der Waals surface area (Å²) in [5.74, 6) is -1.19. The van der Waals surface area contributed by atoms with Crippen molar-refractivity contribution in [3.8, 4) is 0 Å². The van der Waals surface area contributed by atoms with Crippen molar-refractivity contribution in [2.45, 2.75) is 352 Å². The number of ether oxygens (including phenoxy) is 3. The molecular weight excluding hydrogens is 1000 g/mol. The van der Waals surface area contributed by atoms with E-state index in [1.807, 2.05) is 6.08 Å². The van der Waals surface area contributed by atoms with Crippen LogP contribution in [0.5, 0.6) is 0 Å². The smallest absolute Gasteiger partial charge is 0.306 e. The van der Waals surface area contributed by atoms with Gasteiger partial charge in [0, 0.05) is 6.42 Å². The molecule has 80 heavy (non-hydrogen) atoms. The van der Waals surface area contributed by atoms with E-state index in [0.717, 1.165) is 83.5 Å². The van der Waals surface area contributed by atoms with Crippen LogP contribution in [-0.4, -0.2) is 99.6 Å². The minimum absolute atomic E-state index is 0.126. The minimum Gasteiger partial charge on any atom is -0.454 e. The second-order valence-corrected chi connectivity index (χ2v) is 23.2. The van der Waals surface area contributed by atoms with Crippen LogP contribution in [0.3, 0.4) is 0 Å². The highest BCUT2D eigenvalue weighted by molar-refractivity contribution is 5.80. The third-order valence-corrected chi connectivity index (χ3v) is 15.7. The van der Waals surface area contributed by atoms with Gasteiger partial charge >= 0.3 is 5.97 Å². The number of carbonyl (C=O) groups is 2. The van der Waals surface area contributed by atoms with Crippen LogP contribution in [0.2, 0.25) is 0 Å². The van der Waals surface area contributed by atoms with Crippen LogP contribution in [0.25, 0.3) is 0 Å². The molecule has 0 aliphatic carbocycles. The van der Waals surface area contributed by atoms with Crippen molar-refractivity contribution in [3.63, 3.8) is 0 Å². The molecule has 1 rings (SSSR count). The molecule has 8 atom stereocenters. The fraction of sp³-hybridized carbons (Fsp3) is 0.826. The Hall–Kier alpha value is -2.64. The van der Waals surface area contributed by atoms with Crippen LogP contribution in [0.4, 0.5) is 0 Å². The molecule has 1 fully saturated rings. The molecule has 1 amide bonds. The maximum Gasteiger partial charge on any atom is 0.306 e. The van der Waals surface area contributed by atoms with Crippen molar-refractivity contribution in [1.82, 2.24) is 5.32 Å². The molecule has 0 spiro atoms. The summed E-state index contributed by atoms with van der Waals surface area (Å²) >= 11 is 0. The van der Waals surface area contributed by atoms with Gasteiger partial charge in [0.15, 0.2) is 12.4 Å². The zero-order chi connectivity index (χ0) is 58.2. The van der Waals surface area contributed by atoms with Crippen LogP contribution in [0.1, 0.15) is 303 Å². The summed E-state index contributed by atoms with van der Waals surface area (Å²) in [5, 5.41) is 57.1. The fourth-order valence-corrected chi connectivity index (χ4v) is 10.3. The van der Waals surface area contributed by atoms with Crippen LogP contribution in [-0.2, 0) is 23.8 Å². The van der Waals surface area contributed by atoms with Crippen molar-refractivity contribution in [2.75, 3.05) is 13.2 Å². The Morgan fingerprint density at radius 3 is 1.31 bits per heavy atom. The molecule has 0 radical (unpaired) electrons. The Morgan fingerprint density at radius 1 is 0.487 bits per heavy atom. The van der Waals surface area contributed by atoms with Crippen molar-refractivity contribution in [1.29, 1.82) is 0 Å². The van der Waals surface area contributed by atoms with E-state index in [4.69, 9.17) is 14.2 Å². The second kappa shape index (κ2) is 56.8. The Bertz CT molecular complexity index is 1530. The zero-order valence-corrected chi connectivity index (χ0v) is 51.7. The number of hydrogen-bond acceptors (Lipinski definition) is 10. The SMILES string of the molecule is CCCCC/C=C\C/C=C\C/C=C\C/C=C\CCCCCCCCCCC(O)C(=O)NC(COC1OC(CO)C(O)C(O)C1OC(=O)CCCCCCCCCCCCCCCC)C(O)/C=C/CCCCCCCCCCCCC. The van der Waals surface area contributed by atoms with Crippen LogP contribution in [0, 0.1) is 0 Å². The fourth-order valence-electron chi connectivity index (χ4n) is 10.3. The third-order valence-electron chi connectivity index (χ3n) is 15.7. The van der Waals surface area contributed by atoms with E-state index in [-0.39, 0.29) is 19.4 Å². The van der Waals surface area contributed by atoms with Crippen LogP contribution < -0.4 is 5.32 Å². The molecule has 11 nitrogen and oxygen atoms in total. The molecule has 1 aliphatic rings. The summed E-state index contributed by atoms with van der Waals surface area (Å²) in [7, 11) is 0. The molecule has 8 unspecified atom stereocenters. The predicted octanol–water partition coefficient (Wildman–Crippen LogP) is 16.6. The Morgan fingerprint density at radius 2 is 0.863 bits per heavy atom. The van der Waals surface area contributed by atoms with Gasteiger partial charge in [-0.15, -0.1) is 0 Å². The van der Waals surface area contributed by atoms with Gasteiger partial charge in [-0.1, -0.05) is 287 Å². The number of nitrogens with one attached hydrogen (secondary N) is 1. The molecule has 0 aromatic carbocycles. The van der Waals surface area contributed by atoms with Crippen molar-refractivity contribution >= 4 is 11.9 Å². The lowest BCUT2D eigenvalue weighted by Gasteiger charge is -2.41. The van der Waals surface area contributed by atoms with Gasteiger partial charge in [0.25, 0.3) is 0 Å². The molecule has 0 bridgehead atoms. The first kappa shape index (κ1) is 75.4. The number of allylic oxidation sites excluding steroid dienone is 9. The molecular formula is C69H125NO10. The van der Waals surface area contributed by atoms with Gasteiger partial charge in [0.05, 0.1) is 25.4 Å². The van der Waals surface area contributed by atoms with Gasteiger partial charge < -0.3 is 45.1 Å². The number of aliphatic hydroxyl groups is 5. The molecule has 0 aromatic heterocycles. The molecule has 6 N–H and O–H groups in total. The number of carbonyl (C=O) groups excluding carboxylic acids is 2. The lowest BCUT2D eigenvalue weighted by atomic mass is 9.99. The maximum absolute atomic E-state index is 13.5. The van der Waals surface area contributed by atoms with Crippen molar-refractivity contribution in [2.24, 2.45) is 0 Å². The largest absolute Gasteiger partial charge is 0.454 e. The van der Waals surface area contributed by atoms with E-state index in [1.165, 1.54) is 173 Å². The number of esters is 1. The predicted molar refractivity (Wildman–Crippen MR) is 333 cm³/mol. The van der Waals surface area contributed by atoms with Gasteiger partial charge in [-0.25, -0.2) is 0 Å². The summed E-state index contributed by atoms with van der Waals surface area (Å²) in [6, 6.07) is -1.03. The summed E-state index contributed by atoms with van der Waals surface area (Å²) in [6.07, 6.45) is 61.1. The summed E-state index contributed by atoms with van der Waals surface area (Å²) in [6.45, 7) is 5.78. The maximum atomic E-state index is 13.5. The Balaban J connectivity index is 2.63. The average Bonchev–Trinajstić information content (AvgIpc) is 3.51. The molecule has 1 saturated heterocycles. The van der Waals surface area contributed by atoms with E-state index in [2.05, 4.69) is 74.7 Å². The summed E-state index contributed by atoms with van der Waals surface area (Å²) < 4.78 is 17.6. The highest BCUT2D eigenvalue weighted by Crippen LogP contribution is 2.26. The van der Waals surface area contributed by atoms with Gasteiger partial charge in [-0.3, -0.25) is 9.59 Å². The molecule has 0 aromatic rings. The standard InChI is InChI=1S/C69H125NO10/c1-4-7-10-13-16-19-22-25-27-28-29-30-31-32-33-34-35-36-38-41-44-47-50-53-56-62(73)68(77)70-60(61(72)55-52-49-46-43-40-37-24-21-18-15-12-9-6-3)59-78-69-67(66(76)65(75)63(58-71)79-69)80-64(74)57-54-51-48-45-42-39-26-23-20-17-14-11-8-5-2/h16,19,25,27,29-30,32-33,52,55,60-63,65-67,69,71-73,75-76H,4-15,17-18,20-24,26,28,31,34-51,53-54,56-59H2,1-3H3,(H,70,77)/b19-16-,27-25-,30-29-,33-32-,55-52+. The number of amides is 1. The third kappa shape index (κ3) is 44.0. The normalized spacial score (nSPS) is 19.1. The molecule has 466 valence electrons. The molecule has 1 aliphatic heterocycles. The minimum atomic E-state index is -1.61. The number of aliphatic hydroxyl groups excluding tert-OH is 5. The first-order valence-corrected chi connectivity index (χ1v) is 33.6. The Labute approximate surface area is 490 Å². The highest BCUT2D eigenvalue weighted by atomic mass is 16.7. The topological polar surface area (TPSA) is 175 Å². The van der Waals surface area contributed by atoms with Gasteiger partial charge in [0.1, 0.15) is 24.4 Å². The number of unbranched alkanes of at least 4 members (excludes halogenated alkanes) is 35. The van der Waals surface area contributed by atoms with E-state index < -0.39 is 67.4 Å². The highest BCUT2D eigenvalue weighted by Gasteiger charge is 2.47. The molecule has 0 saturated carbocycles. The number of hydrogen-bond donors (Lipinski definition) is 6. The van der Waals surface area contributed by atoms with E-state index >= 15 is 0 Å². The quantitative estimate of drug-likeness (QED) is 0.0195. The molecule has 1 heterocycles. The van der Waals surface area contributed by atoms with E-state index in [1.54, 1.807) is 6.08 Å². The van der Waals surface area contributed by atoms with Gasteiger partial charge in [-0.05, 0) is 70.6 Å². The van der Waals surface area contributed by atoms with Gasteiger partial charge in [0.2, 0.25) is 5.91 Å². The van der Waals surface area contributed by atoms with E-state index in [0.29, 0.717) is 12.8 Å². The number of rotatable bonds is 57. The van der Waals surface area contributed by atoms with Gasteiger partial charge in [-0.2, -0.15) is 0 Å². The first-order valence-electron chi connectivity index (χ1n) is 33.6. The second-order valence-electron chi connectivity index (χ2n) is 23.2. The lowest BCUT2D eigenvalue weighted by Crippen LogP contribution is -2.61. The van der Waals surface area contributed by atoms with Crippen LogP contribution in [0.15, 0.2) is 60.8 Å². The first-order chi connectivity index (χ1) is 39.2.